The van der Waals surface area contributed by atoms with Gasteiger partial charge >= 0.3 is 0 Å². The first-order chi connectivity index (χ1) is 13.7. The van der Waals surface area contributed by atoms with Gasteiger partial charge in [-0.25, -0.2) is 4.98 Å². The molecule has 0 unspecified atom stereocenters. The topological polar surface area (TPSA) is 50.3 Å². The predicted molar refractivity (Wildman–Crippen MR) is 117 cm³/mol. The van der Waals surface area contributed by atoms with Crippen molar-refractivity contribution in [2.24, 2.45) is 0 Å². The molecule has 0 saturated heterocycles. The number of hydrogen-bond acceptors (Lipinski definition) is 6. The molecule has 1 fully saturated rings. The zero-order valence-electron chi connectivity index (χ0n) is 16.0. The van der Waals surface area contributed by atoms with E-state index < -0.39 is 0 Å². The predicted octanol–water partition coefficient (Wildman–Crippen LogP) is 5.59. The van der Waals surface area contributed by atoms with Gasteiger partial charge in [-0.15, -0.1) is 11.3 Å². The Hall–Kier alpha value is -2.86. The van der Waals surface area contributed by atoms with Crippen molar-refractivity contribution in [3.05, 3.63) is 48.1 Å². The number of benzene rings is 2. The fourth-order valence-corrected chi connectivity index (χ4v) is 4.13. The van der Waals surface area contributed by atoms with Gasteiger partial charge in [0.15, 0.2) is 0 Å². The molecule has 0 atom stereocenters. The monoisotopic (exact) mass is 390 g/mol. The molecular weight excluding hydrogens is 368 g/mol. The fourth-order valence-electron chi connectivity index (χ4n) is 3.47. The zero-order valence-corrected chi connectivity index (χ0v) is 16.8. The molecule has 4 aromatic rings. The van der Waals surface area contributed by atoms with Crippen LogP contribution < -0.4 is 15.0 Å². The van der Waals surface area contributed by atoms with Crippen molar-refractivity contribution in [1.82, 2.24) is 9.97 Å². The van der Waals surface area contributed by atoms with Gasteiger partial charge in [-0.2, -0.15) is 0 Å². The van der Waals surface area contributed by atoms with Crippen LogP contribution in [0.4, 0.5) is 17.1 Å². The summed E-state index contributed by atoms with van der Waals surface area (Å²) in [5.41, 5.74) is 6.94. The van der Waals surface area contributed by atoms with Crippen LogP contribution in [0.15, 0.2) is 48.1 Å². The molecule has 2 aromatic carbocycles. The molecule has 0 spiro atoms. The van der Waals surface area contributed by atoms with Gasteiger partial charge < -0.3 is 15.0 Å². The third-order valence-electron chi connectivity index (χ3n) is 5.26. The second-order valence-corrected chi connectivity index (χ2v) is 8.31. The van der Waals surface area contributed by atoms with Gasteiger partial charge in [-0.05, 0) is 49.6 Å². The van der Waals surface area contributed by atoms with E-state index in [4.69, 9.17) is 4.74 Å². The van der Waals surface area contributed by atoms with Crippen molar-refractivity contribution in [3.8, 4) is 5.75 Å². The van der Waals surface area contributed by atoms with E-state index in [9.17, 15) is 0 Å². The summed E-state index contributed by atoms with van der Waals surface area (Å²) in [6, 6.07) is 12.5. The lowest BCUT2D eigenvalue weighted by atomic mass is 9.96. The van der Waals surface area contributed by atoms with Crippen molar-refractivity contribution in [3.63, 3.8) is 0 Å². The molecule has 142 valence electrons. The Morgan fingerprint density at radius 2 is 1.96 bits per heavy atom. The first kappa shape index (κ1) is 17.3. The molecule has 0 amide bonds. The normalized spacial score (nSPS) is 14.2. The number of thiazole rings is 1. The molecule has 1 N–H and O–H groups in total. The molecule has 1 saturated carbocycles. The first-order valence-corrected chi connectivity index (χ1v) is 10.4. The fraction of sp³-hybridized carbons (Fsp3) is 0.273. The van der Waals surface area contributed by atoms with E-state index in [-0.39, 0.29) is 0 Å². The quantitative estimate of drug-likeness (QED) is 0.482. The molecular formula is C22H22N4OS. The van der Waals surface area contributed by atoms with Gasteiger partial charge in [0.1, 0.15) is 5.75 Å². The highest BCUT2D eigenvalue weighted by Crippen LogP contribution is 2.38. The highest BCUT2D eigenvalue weighted by Gasteiger charge is 2.21. The van der Waals surface area contributed by atoms with Crippen molar-refractivity contribution >= 4 is 49.5 Å². The van der Waals surface area contributed by atoms with E-state index in [0.29, 0.717) is 6.10 Å². The number of aromatic nitrogens is 2. The molecule has 5 nitrogen and oxygen atoms in total. The Bertz CT molecular complexity index is 1150. The SMILES string of the molecule is CN(C)c1cc2c(Nc3ccc4scnc4c3)ccnc2cc1OC1CCC1. The number of fused-ring (bicyclic) bond motifs is 2. The molecule has 1 aliphatic rings. The lowest BCUT2D eigenvalue weighted by Gasteiger charge is -2.29. The largest absolute Gasteiger partial charge is 0.488 e. The van der Waals surface area contributed by atoms with Crippen molar-refractivity contribution in [2.45, 2.75) is 25.4 Å². The Morgan fingerprint density at radius 1 is 1.07 bits per heavy atom. The summed E-state index contributed by atoms with van der Waals surface area (Å²) in [7, 11) is 4.10. The lowest BCUT2D eigenvalue weighted by Crippen LogP contribution is -2.25. The summed E-state index contributed by atoms with van der Waals surface area (Å²) in [6.45, 7) is 0. The number of nitrogens with one attached hydrogen (secondary N) is 1. The summed E-state index contributed by atoms with van der Waals surface area (Å²) in [4.78, 5) is 11.1. The van der Waals surface area contributed by atoms with Gasteiger partial charge in [0.05, 0.1) is 33.0 Å². The Kier molecular flexibility index (Phi) is 4.28. The van der Waals surface area contributed by atoms with Gasteiger partial charge in [0.25, 0.3) is 0 Å². The van der Waals surface area contributed by atoms with Crippen molar-refractivity contribution < 1.29 is 4.74 Å². The van der Waals surface area contributed by atoms with Crippen LogP contribution >= 0.6 is 11.3 Å². The maximum Gasteiger partial charge on any atom is 0.145 e. The van der Waals surface area contributed by atoms with Crippen LogP contribution in [0.1, 0.15) is 19.3 Å². The Labute approximate surface area is 168 Å². The van der Waals surface area contributed by atoms with Crippen molar-refractivity contribution in [2.75, 3.05) is 24.3 Å². The highest BCUT2D eigenvalue weighted by molar-refractivity contribution is 7.16. The van der Waals surface area contributed by atoms with Gasteiger partial charge in [-0.3, -0.25) is 4.98 Å². The number of pyridine rings is 1. The maximum atomic E-state index is 6.24. The summed E-state index contributed by atoms with van der Waals surface area (Å²) in [5.74, 6) is 0.913. The van der Waals surface area contributed by atoms with Crippen LogP contribution in [0, 0.1) is 0 Å². The van der Waals surface area contributed by atoms with E-state index in [1.54, 1.807) is 11.3 Å². The summed E-state index contributed by atoms with van der Waals surface area (Å²) in [6.07, 6.45) is 5.71. The number of rotatable bonds is 5. The minimum absolute atomic E-state index is 0.335. The number of hydrogen-bond donors (Lipinski definition) is 1. The van der Waals surface area contributed by atoms with E-state index in [1.807, 2.05) is 17.8 Å². The smallest absolute Gasteiger partial charge is 0.145 e. The van der Waals surface area contributed by atoms with Gasteiger partial charge in [0, 0.05) is 43.1 Å². The van der Waals surface area contributed by atoms with Crippen LogP contribution in [0.2, 0.25) is 0 Å². The summed E-state index contributed by atoms with van der Waals surface area (Å²) >= 11 is 1.65. The molecule has 2 aromatic heterocycles. The van der Waals surface area contributed by atoms with Crippen LogP contribution in [0.5, 0.6) is 5.75 Å². The van der Waals surface area contributed by atoms with E-state index in [2.05, 4.69) is 64.6 Å². The summed E-state index contributed by atoms with van der Waals surface area (Å²) < 4.78 is 7.43. The van der Waals surface area contributed by atoms with Gasteiger partial charge in [0.2, 0.25) is 0 Å². The Balaban J connectivity index is 1.55. The molecule has 5 rings (SSSR count). The lowest BCUT2D eigenvalue weighted by molar-refractivity contribution is 0.121. The van der Waals surface area contributed by atoms with Crippen LogP contribution in [-0.2, 0) is 0 Å². The molecule has 1 aliphatic carbocycles. The Morgan fingerprint density at radius 3 is 2.75 bits per heavy atom. The van der Waals surface area contributed by atoms with Gasteiger partial charge in [-0.1, -0.05) is 0 Å². The molecule has 0 bridgehead atoms. The third-order valence-corrected chi connectivity index (χ3v) is 6.07. The van der Waals surface area contributed by atoms with Crippen LogP contribution in [0.25, 0.3) is 21.1 Å². The minimum atomic E-state index is 0.335. The second kappa shape index (κ2) is 6.95. The van der Waals surface area contributed by atoms with E-state index in [0.717, 1.165) is 52.1 Å². The van der Waals surface area contributed by atoms with E-state index in [1.165, 1.54) is 11.1 Å². The van der Waals surface area contributed by atoms with Crippen LogP contribution in [0.3, 0.4) is 0 Å². The molecule has 0 radical (unpaired) electrons. The number of anilines is 3. The highest BCUT2D eigenvalue weighted by atomic mass is 32.1. The molecule has 6 heteroatoms. The van der Waals surface area contributed by atoms with Crippen LogP contribution in [-0.4, -0.2) is 30.2 Å². The average Bonchev–Trinajstić information content (AvgIpc) is 3.12. The first-order valence-electron chi connectivity index (χ1n) is 9.54. The number of ether oxygens (including phenoxy) is 1. The number of nitrogens with zero attached hydrogens (tertiary/aromatic N) is 3. The molecule has 2 heterocycles. The third kappa shape index (κ3) is 3.14. The standard InChI is InChI=1S/C22H22N4OS/c1-26(2)20-11-16-17(25-14-6-7-22-19(10-14)24-13-28-22)8-9-23-18(16)12-21(20)27-15-4-3-5-15/h6-13,15H,3-5H2,1-2H3,(H,23,25). The second-order valence-electron chi connectivity index (χ2n) is 7.42. The average molecular weight is 391 g/mol. The zero-order chi connectivity index (χ0) is 19.1. The molecule has 28 heavy (non-hydrogen) atoms. The summed E-state index contributed by atoms with van der Waals surface area (Å²) in [5, 5.41) is 4.62. The van der Waals surface area contributed by atoms with Crippen molar-refractivity contribution in [1.29, 1.82) is 0 Å². The maximum absolute atomic E-state index is 6.24. The van der Waals surface area contributed by atoms with E-state index >= 15 is 0 Å². The minimum Gasteiger partial charge on any atom is -0.488 e. The molecule has 0 aliphatic heterocycles.